The molecular formula is C17H29N3O2. The van der Waals surface area contributed by atoms with Crippen LogP contribution in [-0.4, -0.2) is 58.9 Å². The summed E-state index contributed by atoms with van der Waals surface area (Å²) in [4.78, 5) is 28.8. The molecule has 3 rings (SSSR count). The lowest BCUT2D eigenvalue weighted by Gasteiger charge is -2.37. The van der Waals surface area contributed by atoms with E-state index >= 15 is 0 Å². The van der Waals surface area contributed by atoms with Gasteiger partial charge in [0.25, 0.3) is 0 Å². The highest BCUT2D eigenvalue weighted by Crippen LogP contribution is 2.32. The molecule has 2 amide bonds. The summed E-state index contributed by atoms with van der Waals surface area (Å²) in [5.41, 5.74) is -0.196. The zero-order chi connectivity index (χ0) is 16.1. The lowest BCUT2D eigenvalue weighted by atomic mass is 9.96. The molecule has 1 N–H and O–H groups in total. The van der Waals surface area contributed by atoms with Gasteiger partial charge in [0.05, 0.1) is 5.92 Å². The fourth-order valence-electron chi connectivity index (χ4n) is 4.33. The van der Waals surface area contributed by atoms with E-state index in [1.165, 1.54) is 12.8 Å². The van der Waals surface area contributed by atoms with Crippen molar-refractivity contribution in [2.45, 2.75) is 76.5 Å². The number of amides is 2. The van der Waals surface area contributed by atoms with Crippen molar-refractivity contribution < 1.29 is 9.59 Å². The molecular weight excluding hydrogens is 278 g/mol. The highest BCUT2D eigenvalue weighted by molar-refractivity contribution is 5.89. The van der Waals surface area contributed by atoms with Crippen LogP contribution in [0.1, 0.15) is 52.9 Å². The second-order valence-corrected chi connectivity index (χ2v) is 8.29. The average molecular weight is 307 g/mol. The van der Waals surface area contributed by atoms with Crippen LogP contribution in [-0.2, 0) is 9.59 Å². The summed E-state index contributed by atoms with van der Waals surface area (Å²) in [6.45, 7) is 6.67. The summed E-state index contributed by atoms with van der Waals surface area (Å²) < 4.78 is 0. The largest absolute Gasteiger partial charge is 0.342 e. The van der Waals surface area contributed by atoms with Crippen LogP contribution in [0.3, 0.4) is 0 Å². The van der Waals surface area contributed by atoms with Crippen molar-refractivity contribution in [2.24, 2.45) is 5.92 Å². The number of carbonyl (C=O) groups excluding carboxylic acids is 2. The Morgan fingerprint density at radius 1 is 1.23 bits per heavy atom. The Kier molecular flexibility index (Phi) is 3.96. The topological polar surface area (TPSA) is 52.7 Å². The van der Waals surface area contributed by atoms with Gasteiger partial charge in [-0.15, -0.1) is 0 Å². The maximum absolute atomic E-state index is 12.8. The summed E-state index contributed by atoms with van der Waals surface area (Å²) >= 11 is 0. The molecule has 0 aromatic rings. The van der Waals surface area contributed by atoms with Crippen LogP contribution in [0.4, 0.5) is 0 Å². The molecule has 0 saturated carbocycles. The van der Waals surface area contributed by atoms with E-state index in [0.717, 1.165) is 12.8 Å². The molecule has 3 unspecified atom stereocenters. The summed E-state index contributed by atoms with van der Waals surface area (Å²) in [5, 5.41) is 3.62. The van der Waals surface area contributed by atoms with E-state index in [4.69, 9.17) is 0 Å². The smallest absolute Gasteiger partial charge is 0.227 e. The van der Waals surface area contributed by atoms with Gasteiger partial charge >= 0.3 is 0 Å². The first-order chi connectivity index (χ1) is 10.3. The molecule has 124 valence electrons. The Balaban J connectivity index is 1.63. The van der Waals surface area contributed by atoms with Crippen molar-refractivity contribution in [3.8, 4) is 0 Å². The Hall–Kier alpha value is -1.10. The quantitative estimate of drug-likeness (QED) is 0.838. The molecule has 2 bridgehead atoms. The van der Waals surface area contributed by atoms with Gasteiger partial charge in [0.15, 0.2) is 0 Å². The third kappa shape index (κ3) is 2.87. The number of nitrogens with one attached hydrogen (secondary N) is 1. The number of nitrogens with zero attached hydrogens (tertiary/aromatic N) is 2. The fraction of sp³-hybridized carbons (Fsp3) is 0.882. The average Bonchev–Trinajstić information content (AvgIpc) is 2.99. The van der Waals surface area contributed by atoms with Crippen molar-refractivity contribution in [3.05, 3.63) is 0 Å². The van der Waals surface area contributed by atoms with Crippen LogP contribution in [0.25, 0.3) is 0 Å². The minimum Gasteiger partial charge on any atom is -0.342 e. The molecule has 0 aromatic carbocycles. The number of fused-ring (bicyclic) bond motifs is 2. The molecule has 5 heteroatoms. The van der Waals surface area contributed by atoms with Crippen LogP contribution in [0, 0.1) is 5.92 Å². The molecule has 0 spiro atoms. The normalized spacial score (nSPS) is 35.1. The molecule has 0 aliphatic carbocycles. The number of rotatable bonds is 2. The highest BCUT2D eigenvalue weighted by atomic mass is 16.2. The first-order valence-corrected chi connectivity index (χ1v) is 8.59. The van der Waals surface area contributed by atoms with Crippen LogP contribution >= 0.6 is 0 Å². The molecule has 3 aliphatic heterocycles. The highest BCUT2D eigenvalue weighted by Gasteiger charge is 2.43. The molecule has 3 saturated heterocycles. The maximum Gasteiger partial charge on any atom is 0.227 e. The lowest BCUT2D eigenvalue weighted by molar-refractivity contribution is -0.137. The molecule has 3 fully saturated rings. The monoisotopic (exact) mass is 307 g/mol. The predicted octanol–water partition coefficient (Wildman–Crippen LogP) is 1.37. The summed E-state index contributed by atoms with van der Waals surface area (Å²) in [7, 11) is 1.93. The fourth-order valence-corrected chi connectivity index (χ4v) is 4.33. The van der Waals surface area contributed by atoms with Crippen LogP contribution in [0.5, 0.6) is 0 Å². The van der Waals surface area contributed by atoms with Gasteiger partial charge < -0.3 is 15.1 Å². The number of piperidine rings is 1. The standard InChI is InChI=1S/C17H29N3O2/c1-17(2,3)20-10-11(7-15(20)21)16(22)19(4)14-8-12-5-6-13(9-14)18-12/h11-14,18H,5-10H2,1-4H3. The van der Waals surface area contributed by atoms with Crippen molar-refractivity contribution in [2.75, 3.05) is 13.6 Å². The van der Waals surface area contributed by atoms with E-state index in [0.29, 0.717) is 31.1 Å². The second-order valence-electron chi connectivity index (χ2n) is 8.29. The van der Waals surface area contributed by atoms with Crippen molar-refractivity contribution in [1.29, 1.82) is 0 Å². The van der Waals surface area contributed by atoms with E-state index in [2.05, 4.69) is 5.32 Å². The predicted molar refractivity (Wildman–Crippen MR) is 85.3 cm³/mol. The van der Waals surface area contributed by atoms with Gasteiger partial charge in [0.1, 0.15) is 0 Å². The summed E-state index contributed by atoms with van der Waals surface area (Å²) in [6, 6.07) is 1.50. The summed E-state index contributed by atoms with van der Waals surface area (Å²) in [5.74, 6) is 0.111. The van der Waals surface area contributed by atoms with Crippen LogP contribution < -0.4 is 5.32 Å². The minimum atomic E-state index is -0.196. The van der Waals surface area contributed by atoms with Crippen molar-refractivity contribution in [3.63, 3.8) is 0 Å². The Bertz CT molecular complexity index is 459. The van der Waals surface area contributed by atoms with Gasteiger partial charge in [0.2, 0.25) is 11.8 Å². The van der Waals surface area contributed by atoms with Crippen LogP contribution in [0.2, 0.25) is 0 Å². The first kappa shape index (κ1) is 15.8. The lowest BCUT2D eigenvalue weighted by Crippen LogP contribution is -2.50. The molecule has 22 heavy (non-hydrogen) atoms. The minimum absolute atomic E-state index is 0.115. The zero-order valence-corrected chi connectivity index (χ0v) is 14.3. The van der Waals surface area contributed by atoms with Gasteiger partial charge in [-0.05, 0) is 46.5 Å². The van der Waals surface area contributed by atoms with E-state index < -0.39 is 0 Å². The van der Waals surface area contributed by atoms with Gasteiger partial charge in [-0.25, -0.2) is 0 Å². The van der Waals surface area contributed by atoms with E-state index in [1.807, 2.05) is 37.6 Å². The SMILES string of the molecule is CN(C(=O)C1CC(=O)N(C(C)(C)C)C1)C1CC2CCC(C1)N2. The number of hydrogen-bond acceptors (Lipinski definition) is 3. The maximum atomic E-state index is 12.8. The van der Waals surface area contributed by atoms with Gasteiger partial charge in [-0.1, -0.05) is 0 Å². The van der Waals surface area contributed by atoms with E-state index in [1.54, 1.807) is 0 Å². The number of hydrogen-bond donors (Lipinski definition) is 1. The van der Waals surface area contributed by atoms with Crippen molar-refractivity contribution in [1.82, 2.24) is 15.1 Å². The molecule has 3 aliphatic rings. The van der Waals surface area contributed by atoms with Gasteiger partial charge in [-0.3, -0.25) is 9.59 Å². The molecule has 0 aromatic heterocycles. The zero-order valence-electron chi connectivity index (χ0n) is 14.3. The summed E-state index contributed by atoms with van der Waals surface area (Å²) in [6.07, 6.45) is 4.97. The number of carbonyl (C=O) groups is 2. The van der Waals surface area contributed by atoms with Crippen LogP contribution in [0.15, 0.2) is 0 Å². The molecule has 3 atom stereocenters. The van der Waals surface area contributed by atoms with E-state index in [9.17, 15) is 9.59 Å². The first-order valence-electron chi connectivity index (χ1n) is 8.59. The Morgan fingerprint density at radius 2 is 1.82 bits per heavy atom. The van der Waals surface area contributed by atoms with Gasteiger partial charge in [-0.2, -0.15) is 0 Å². The molecule has 5 nitrogen and oxygen atoms in total. The Morgan fingerprint density at radius 3 is 2.32 bits per heavy atom. The second kappa shape index (κ2) is 5.52. The number of likely N-dealkylation sites (tertiary alicyclic amines) is 1. The molecule has 0 radical (unpaired) electrons. The molecule has 3 heterocycles. The van der Waals surface area contributed by atoms with Gasteiger partial charge in [0, 0.05) is 43.7 Å². The van der Waals surface area contributed by atoms with E-state index in [-0.39, 0.29) is 23.3 Å². The third-order valence-corrected chi connectivity index (χ3v) is 5.63. The Labute approximate surface area is 133 Å². The third-order valence-electron chi connectivity index (χ3n) is 5.63. The van der Waals surface area contributed by atoms with Crippen molar-refractivity contribution >= 4 is 11.8 Å².